The Morgan fingerprint density at radius 2 is 1.91 bits per heavy atom. The first kappa shape index (κ1) is 22.6. The predicted molar refractivity (Wildman–Crippen MR) is 123 cm³/mol. The van der Waals surface area contributed by atoms with Gasteiger partial charge < -0.3 is 24.8 Å². The molecular formula is C24H28N4O5. The predicted octanol–water partition coefficient (Wildman–Crippen LogP) is 1.72. The standard InChI is InChI=1S/C24H28N4O5/c1-3-25-22(30)16-8-9-20(18(11-16)26-23(31)24(32)33-4-2)27-12-15-10-17(14-27)19-6-5-7-21(29)28(19)13-15/h5-9,11,15,17H,3-4,10,12-14H2,1-2H3,(H,25,30)(H,26,31)/t15-,17-/m0/s1. The van der Waals surface area contributed by atoms with E-state index in [2.05, 4.69) is 15.5 Å². The molecule has 0 spiro atoms. The molecule has 9 heteroatoms. The van der Waals surface area contributed by atoms with E-state index in [0.29, 0.717) is 37.4 Å². The van der Waals surface area contributed by atoms with E-state index >= 15 is 0 Å². The van der Waals surface area contributed by atoms with Crippen molar-refractivity contribution < 1.29 is 19.1 Å². The molecule has 1 aromatic carbocycles. The maximum absolute atomic E-state index is 12.4. The minimum atomic E-state index is -0.976. The highest BCUT2D eigenvalue weighted by molar-refractivity contribution is 6.37. The van der Waals surface area contributed by atoms with Crippen LogP contribution in [0.5, 0.6) is 0 Å². The van der Waals surface area contributed by atoms with Crippen molar-refractivity contribution in [2.45, 2.75) is 32.7 Å². The maximum Gasteiger partial charge on any atom is 0.397 e. The summed E-state index contributed by atoms with van der Waals surface area (Å²) in [5.41, 5.74) is 2.52. The third kappa shape index (κ3) is 4.62. The third-order valence-corrected chi connectivity index (χ3v) is 6.13. The van der Waals surface area contributed by atoms with E-state index in [1.165, 1.54) is 0 Å². The molecule has 4 rings (SSSR count). The van der Waals surface area contributed by atoms with Crippen molar-refractivity contribution >= 4 is 29.2 Å². The zero-order valence-electron chi connectivity index (χ0n) is 18.8. The second kappa shape index (κ2) is 9.48. The molecule has 1 fully saturated rings. The number of nitrogens with zero attached hydrogens (tertiary/aromatic N) is 2. The van der Waals surface area contributed by atoms with E-state index in [-0.39, 0.29) is 29.9 Å². The normalized spacial score (nSPS) is 18.8. The van der Waals surface area contributed by atoms with Crippen LogP contribution < -0.4 is 21.1 Å². The van der Waals surface area contributed by atoms with E-state index in [4.69, 9.17) is 4.74 Å². The summed E-state index contributed by atoms with van der Waals surface area (Å²) < 4.78 is 6.67. The van der Waals surface area contributed by atoms with Gasteiger partial charge in [-0.15, -0.1) is 0 Å². The lowest BCUT2D eigenvalue weighted by molar-refractivity contribution is -0.152. The summed E-state index contributed by atoms with van der Waals surface area (Å²) >= 11 is 0. The molecule has 1 saturated heterocycles. The number of hydrogen-bond acceptors (Lipinski definition) is 6. The molecule has 0 unspecified atom stereocenters. The third-order valence-electron chi connectivity index (χ3n) is 6.13. The lowest BCUT2D eigenvalue weighted by Crippen LogP contribution is -2.47. The Labute approximate surface area is 191 Å². The maximum atomic E-state index is 12.4. The van der Waals surface area contributed by atoms with E-state index in [1.807, 2.05) is 17.6 Å². The Bertz CT molecular complexity index is 1140. The summed E-state index contributed by atoms with van der Waals surface area (Å²) in [6.45, 7) is 6.01. The Balaban J connectivity index is 1.66. The number of benzene rings is 1. The minimum absolute atomic E-state index is 0.0179. The van der Waals surface area contributed by atoms with Gasteiger partial charge in [-0.3, -0.25) is 14.4 Å². The topological polar surface area (TPSA) is 110 Å². The fourth-order valence-corrected chi connectivity index (χ4v) is 4.78. The van der Waals surface area contributed by atoms with Crippen molar-refractivity contribution in [2.24, 2.45) is 5.92 Å². The van der Waals surface area contributed by atoms with E-state index in [0.717, 1.165) is 17.8 Å². The van der Waals surface area contributed by atoms with Crippen molar-refractivity contribution in [3.63, 3.8) is 0 Å². The number of carbonyl (C=O) groups is 3. The van der Waals surface area contributed by atoms with Gasteiger partial charge in [0, 0.05) is 49.4 Å². The summed E-state index contributed by atoms with van der Waals surface area (Å²) in [4.78, 5) is 51.2. The second-order valence-electron chi connectivity index (χ2n) is 8.37. The first-order valence-electron chi connectivity index (χ1n) is 11.3. The van der Waals surface area contributed by atoms with Gasteiger partial charge in [0.05, 0.1) is 18.0 Å². The molecule has 0 radical (unpaired) electrons. The van der Waals surface area contributed by atoms with Gasteiger partial charge in [-0.1, -0.05) is 6.07 Å². The van der Waals surface area contributed by atoms with Gasteiger partial charge in [0.25, 0.3) is 11.5 Å². The van der Waals surface area contributed by atoms with Crippen LogP contribution in [0.3, 0.4) is 0 Å². The van der Waals surface area contributed by atoms with Crippen molar-refractivity contribution in [3.8, 4) is 0 Å². The highest BCUT2D eigenvalue weighted by Gasteiger charge is 2.35. The van der Waals surface area contributed by atoms with Gasteiger partial charge in [0.1, 0.15) is 0 Å². The van der Waals surface area contributed by atoms with Crippen molar-refractivity contribution in [3.05, 3.63) is 58.0 Å². The fraction of sp³-hybridized carbons (Fsp3) is 0.417. The molecule has 2 aliphatic heterocycles. The zero-order valence-corrected chi connectivity index (χ0v) is 18.8. The zero-order chi connectivity index (χ0) is 23.5. The average Bonchev–Trinajstić information content (AvgIpc) is 2.80. The van der Waals surface area contributed by atoms with Crippen LogP contribution in [0.25, 0.3) is 0 Å². The first-order chi connectivity index (χ1) is 15.9. The molecule has 2 amide bonds. The molecule has 2 N–H and O–H groups in total. The van der Waals surface area contributed by atoms with Gasteiger partial charge in [-0.05, 0) is 50.5 Å². The number of hydrogen-bond donors (Lipinski definition) is 2. The summed E-state index contributed by atoms with van der Waals surface area (Å²) in [6.07, 6.45) is 0.988. The number of nitrogens with one attached hydrogen (secondary N) is 2. The molecule has 33 heavy (non-hydrogen) atoms. The van der Waals surface area contributed by atoms with Gasteiger partial charge in [0.15, 0.2) is 0 Å². The number of aromatic nitrogens is 1. The number of anilines is 2. The van der Waals surface area contributed by atoms with Crippen LogP contribution in [0.4, 0.5) is 11.4 Å². The van der Waals surface area contributed by atoms with E-state index < -0.39 is 11.9 Å². The number of piperidine rings is 1. The van der Waals surface area contributed by atoms with E-state index in [9.17, 15) is 19.2 Å². The first-order valence-corrected chi connectivity index (χ1v) is 11.3. The molecular weight excluding hydrogens is 424 g/mol. The molecule has 2 aromatic rings. The van der Waals surface area contributed by atoms with Crippen molar-refractivity contribution in [2.75, 3.05) is 36.5 Å². The molecule has 9 nitrogen and oxygen atoms in total. The largest absolute Gasteiger partial charge is 0.459 e. The van der Waals surface area contributed by atoms with Gasteiger partial charge in [-0.25, -0.2) is 4.79 Å². The quantitative estimate of drug-likeness (QED) is 0.528. The number of ether oxygens (including phenoxy) is 1. The molecule has 0 aliphatic carbocycles. The van der Waals surface area contributed by atoms with E-state index in [1.54, 1.807) is 37.3 Å². The monoisotopic (exact) mass is 452 g/mol. The number of amides is 2. The molecule has 174 valence electrons. The lowest BCUT2D eigenvalue weighted by Gasteiger charge is -2.44. The van der Waals surface area contributed by atoms with Crippen molar-refractivity contribution in [1.82, 2.24) is 9.88 Å². The minimum Gasteiger partial charge on any atom is -0.459 e. The number of fused-ring (bicyclic) bond motifs is 4. The summed E-state index contributed by atoms with van der Waals surface area (Å²) in [5.74, 6) is -1.69. The second-order valence-corrected chi connectivity index (χ2v) is 8.37. The highest BCUT2D eigenvalue weighted by Crippen LogP contribution is 2.39. The number of carbonyl (C=O) groups excluding carboxylic acids is 3. The smallest absolute Gasteiger partial charge is 0.397 e. The van der Waals surface area contributed by atoms with Crippen LogP contribution in [0, 0.1) is 5.92 Å². The van der Waals surface area contributed by atoms with Crippen LogP contribution in [0.1, 0.15) is 42.2 Å². The van der Waals surface area contributed by atoms with Crippen LogP contribution in [0.2, 0.25) is 0 Å². The van der Waals surface area contributed by atoms with Crippen LogP contribution in [-0.4, -0.2) is 48.6 Å². The molecule has 2 aliphatic rings. The molecule has 2 bridgehead atoms. The SMILES string of the molecule is CCNC(=O)c1ccc(N2C[C@@H]3C[C@@H](C2)c2cccc(=O)n2C3)c(NC(=O)C(=O)OCC)c1. The molecule has 1 aromatic heterocycles. The average molecular weight is 453 g/mol. The van der Waals surface area contributed by atoms with Crippen LogP contribution >= 0.6 is 0 Å². The van der Waals surface area contributed by atoms with Gasteiger partial charge in [0.2, 0.25) is 0 Å². The van der Waals surface area contributed by atoms with Gasteiger partial charge >= 0.3 is 11.9 Å². The number of esters is 1. The summed E-state index contributed by atoms with van der Waals surface area (Å²) in [5, 5.41) is 5.38. The number of pyridine rings is 1. The Morgan fingerprint density at radius 1 is 1.09 bits per heavy atom. The Hall–Kier alpha value is -3.62. The fourth-order valence-electron chi connectivity index (χ4n) is 4.78. The Morgan fingerprint density at radius 3 is 2.67 bits per heavy atom. The molecule has 0 saturated carbocycles. The van der Waals surface area contributed by atoms with Crippen LogP contribution in [-0.2, 0) is 20.9 Å². The van der Waals surface area contributed by atoms with Crippen molar-refractivity contribution in [1.29, 1.82) is 0 Å². The summed E-state index contributed by atoms with van der Waals surface area (Å²) in [6, 6.07) is 10.5. The highest BCUT2D eigenvalue weighted by atomic mass is 16.5. The van der Waals surface area contributed by atoms with Gasteiger partial charge in [-0.2, -0.15) is 0 Å². The Kier molecular flexibility index (Phi) is 6.48. The molecule has 3 heterocycles. The molecule has 2 atom stereocenters. The number of rotatable bonds is 5. The summed E-state index contributed by atoms with van der Waals surface area (Å²) in [7, 11) is 0. The van der Waals surface area contributed by atoms with Crippen LogP contribution in [0.15, 0.2) is 41.2 Å². The lowest BCUT2D eigenvalue weighted by atomic mass is 9.83.